The van der Waals surface area contributed by atoms with E-state index in [-0.39, 0.29) is 11.8 Å². The van der Waals surface area contributed by atoms with Gasteiger partial charge in [-0.3, -0.25) is 4.79 Å². The van der Waals surface area contributed by atoms with Crippen molar-refractivity contribution < 1.29 is 9.53 Å². The van der Waals surface area contributed by atoms with Gasteiger partial charge in [0.15, 0.2) is 5.78 Å². The fourth-order valence-corrected chi connectivity index (χ4v) is 3.26. The number of hydrogen-bond acceptors (Lipinski definition) is 4. The predicted octanol–water partition coefficient (Wildman–Crippen LogP) is 3.79. The molecule has 3 rings (SSSR count). The van der Waals surface area contributed by atoms with Gasteiger partial charge < -0.3 is 9.64 Å². The van der Waals surface area contributed by atoms with Gasteiger partial charge >= 0.3 is 0 Å². The lowest BCUT2D eigenvalue weighted by molar-refractivity contribution is -0.115. The molecule has 1 aliphatic heterocycles. The number of benzene rings is 1. The molecule has 0 amide bonds. The van der Waals surface area contributed by atoms with Crippen molar-refractivity contribution >= 4 is 22.8 Å². The summed E-state index contributed by atoms with van der Waals surface area (Å²) in [6.07, 6.45) is 3.99. The predicted molar refractivity (Wildman–Crippen MR) is 81.3 cm³/mol. The molecule has 0 saturated carbocycles. The van der Waals surface area contributed by atoms with Gasteiger partial charge in [-0.15, -0.1) is 11.3 Å². The van der Waals surface area contributed by atoms with Crippen molar-refractivity contribution in [3.8, 4) is 5.75 Å². The highest BCUT2D eigenvalue weighted by molar-refractivity contribution is 7.10. The SMILES string of the molecule is COc1ccccc1N1C=CC(=O)C[C@@H]1c1cccs1. The second kappa shape index (κ2) is 5.51. The summed E-state index contributed by atoms with van der Waals surface area (Å²) in [6, 6.07) is 12.0. The van der Waals surface area contributed by atoms with Crippen molar-refractivity contribution in [2.24, 2.45) is 0 Å². The molecule has 0 saturated heterocycles. The van der Waals surface area contributed by atoms with Gasteiger partial charge in [-0.1, -0.05) is 18.2 Å². The average Bonchev–Trinajstić information content (AvgIpc) is 3.01. The lowest BCUT2D eigenvalue weighted by Crippen LogP contribution is -2.28. The largest absolute Gasteiger partial charge is 0.495 e. The third-order valence-electron chi connectivity index (χ3n) is 3.39. The first kappa shape index (κ1) is 12.9. The molecule has 102 valence electrons. The molecule has 0 aliphatic carbocycles. The number of carbonyl (C=O) groups is 1. The molecule has 0 radical (unpaired) electrons. The Balaban J connectivity index is 2.05. The van der Waals surface area contributed by atoms with Crippen LogP contribution < -0.4 is 9.64 Å². The van der Waals surface area contributed by atoms with Crippen LogP contribution in [0.15, 0.2) is 54.1 Å². The summed E-state index contributed by atoms with van der Waals surface area (Å²) in [5.41, 5.74) is 0.983. The maximum Gasteiger partial charge on any atom is 0.159 e. The van der Waals surface area contributed by atoms with E-state index in [9.17, 15) is 4.79 Å². The molecule has 0 bridgehead atoms. The van der Waals surface area contributed by atoms with Gasteiger partial charge in [0, 0.05) is 17.5 Å². The number of ketones is 1. The molecule has 0 fully saturated rings. The summed E-state index contributed by atoms with van der Waals surface area (Å²) in [5, 5.41) is 2.04. The Morgan fingerprint density at radius 2 is 2.10 bits per heavy atom. The van der Waals surface area contributed by atoms with E-state index in [1.165, 1.54) is 4.88 Å². The Morgan fingerprint density at radius 3 is 2.85 bits per heavy atom. The zero-order valence-electron chi connectivity index (χ0n) is 11.2. The molecule has 3 nitrogen and oxygen atoms in total. The van der Waals surface area contributed by atoms with Crippen molar-refractivity contribution in [2.75, 3.05) is 12.0 Å². The Morgan fingerprint density at radius 1 is 1.25 bits per heavy atom. The zero-order chi connectivity index (χ0) is 13.9. The van der Waals surface area contributed by atoms with E-state index in [1.54, 1.807) is 24.5 Å². The fourth-order valence-electron chi connectivity index (χ4n) is 2.43. The molecule has 0 N–H and O–H groups in total. The Kier molecular flexibility index (Phi) is 3.56. The van der Waals surface area contributed by atoms with E-state index in [0.29, 0.717) is 6.42 Å². The summed E-state index contributed by atoms with van der Waals surface area (Å²) in [6.45, 7) is 0. The van der Waals surface area contributed by atoms with Crippen LogP contribution in [0.4, 0.5) is 5.69 Å². The van der Waals surface area contributed by atoms with Crippen LogP contribution in [0.25, 0.3) is 0 Å². The maximum absolute atomic E-state index is 11.8. The van der Waals surface area contributed by atoms with Crippen LogP contribution >= 0.6 is 11.3 Å². The van der Waals surface area contributed by atoms with Gasteiger partial charge in [-0.25, -0.2) is 0 Å². The fraction of sp³-hybridized carbons (Fsp3) is 0.188. The summed E-state index contributed by atoms with van der Waals surface area (Å²) < 4.78 is 5.43. The van der Waals surface area contributed by atoms with Gasteiger partial charge in [0.2, 0.25) is 0 Å². The van der Waals surface area contributed by atoms with Gasteiger partial charge in [-0.2, -0.15) is 0 Å². The highest BCUT2D eigenvalue weighted by atomic mass is 32.1. The standard InChI is InChI=1S/C16H15NO2S/c1-19-15-6-3-2-5-13(15)17-9-8-12(18)11-14(17)16-7-4-10-20-16/h2-10,14H,11H2,1H3/t14-/m1/s1. The molecule has 20 heavy (non-hydrogen) atoms. The Bertz CT molecular complexity index is 634. The van der Waals surface area contributed by atoms with E-state index >= 15 is 0 Å². The number of ether oxygens (including phenoxy) is 1. The molecule has 1 aromatic heterocycles. The van der Waals surface area contributed by atoms with Crippen LogP contribution in [0.1, 0.15) is 17.3 Å². The third-order valence-corrected chi connectivity index (χ3v) is 4.36. The van der Waals surface area contributed by atoms with E-state index in [2.05, 4.69) is 11.0 Å². The summed E-state index contributed by atoms with van der Waals surface area (Å²) in [5.74, 6) is 0.975. The van der Waals surface area contributed by atoms with Gasteiger partial charge in [0.1, 0.15) is 5.75 Å². The normalized spacial score (nSPS) is 18.4. The molecule has 2 aromatic rings. The topological polar surface area (TPSA) is 29.5 Å². The number of nitrogens with zero attached hydrogens (tertiary/aromatic N) is 1. The number of thiophene rings is 1. The second-order valence-electron chi connectivity index (χ2n) is 4.60. The van der Waals surface area contributed by atoms with Crippen LogP contribution in [-0.2, 0) is 4.79 Å². The molecular weight excluding hydrogens is 270 g/mol. The number of anilines is 1. The van der Waals surface area contributed by atoms with Crippen LogP contribution in [0.2, 0.25) is 0 Å². The first-order valence-electron chi connectivity index (χ1n) is 6.45. The lowest BCUT2D eigenvalue weighted by Gasteiger charge is -2.33. The van der Waals surface area contributed by atoms with E-state index in [4.69, 9.17) is 4.74 Å². The van der Waals surface area contributed by atoms with Crippen LogP contribution in [0.5, 0.6) is 5.75 Å². The molecule has 1 aliphatic rings. The zero-order valence-corrected chi connectivity index (χ0v) is 12.0. The Labute approximate surface area is 122 Å². The summed E-state index contributed by atoms with van der Waals surface area (Å²) in [4.78, 5) is 15.1. The highest BCUT2D eigenvalue weighted by Crippen LogP contribution is 2.39. The quantitative estimate of drug-likeness (QED) is 0.859. The summed E-state index contributed by atoms with van der Waals surface area (Å²) in [7, 11) is 1.66. The maximum atomic E-state index is 11.8. The van der Waals surface area contributed by atoms with E-state index in [0.717, 1.165) is 11.4 Å². The van der Waals surface area contributed by atoms with Crippen LogP contribution in [0.3, 0.4) is 0 Å². The molecule has 0 unspecified atom stereocenters. The number of allylic oxidation sites excluding steroid dienone is 1. The van der Waals surface area contributed by atoms with Crippen molar-refractivity contribution in [3.05, 3.63) is 58.9 Å². The molecule has 2 heterocycles. The second-order valence-corrected chi connectivity index (χ2v) is 5.58. The minimum absolute atomic E-state index is 0.0452. The van der Waals surface area contributed by atoms with Crippen LogP contribution in [0, 0.1) is 0 Å². The number of methoxy groups -OCH3 is 1. The van der Waals surface area contributed by atoms with Crippen molar-refractivity contribution in [1.29, 1.82) is 0 Å². The first-order chi connectivity index (χ1) is 9.79. The third kappa shape index (κ3) is 2.34. The van der Waals surface area contributed by atoms with Gasteiger partial charge in [0.25, 0.3) is 0 Å². The number of hydrogen-bond donors (Lipinski definition) is 0. The lowest BCUT2D eigenvalue weighted by atomic mass is 10.0. The van der Waals surface area contributed by atoms with Gasteiger partial charge in [0.05, 0.1) is 18.8 Å². The number of para-hydroxylation sites is 2. The monoisotopic (exact) mass is 285 g/mol. The number of carbonyl (C=O) groups excluding carboxylic acids is 1. The molecule has 4 heteroatoms. The Hall–Kier alpha value is -2.07. The van der Waals surface area contributed by atoms with Crippen molar-refractivity contribution in [1.82, 2.24) is 0 Å². The molecule has 1 aromatic carbocycles. The smallest absolute Gasteiger partial charge is 0.159 e. The van der Waals surface area contributed by atoms with Crippen LogP contribution in [-0.4, -0.2) is 12.9 Å². The average molecular weight is 285 g/mol. The number of rotatable bonds is 3. The molecule has 0 spiro atoms. The van der Waals surface area contributed by atoms with E-state index < -0.39 is 0 Å². The molecular formula is C16H15NO2S. The first-order valence-corrected chi connectivity index (χ1v) is 7.33. The summed E-state index contributed by atoms with van der Waals surface area (Å²) >= 11 is 1.67. The minimum atomic E-state index is 0.0452. The van der Waals surface area contributed by atoms with Crippen molar-refractivity contribution in [3.63, 3.8) is 0 Å². The van der Waals surface area contributed by atoms with Crippen molar-refractivity contribution in [2.45, 2.75) is 12.5 Å². The van der Waals surface area contributed by atoms with E-state index in [1.807, 2.05) is 41.9 Å². The molecule has 1 atom stereocenters. The minimum Gasteiger partial charge on any atom is -0.495 e. The highest BCUT2D eigenvalue weighted by Gasteiger charge is 2.27. The van der Waals surface area contributed by atoms with Gasteiger partial charge in [-0.05, 0) is 29.7 Å².